The van der Waals surface area contributed by atoms with Gasteiger partial charge in [0.25, 0.3) is 0 Å². The number of halogens is 1. The van der Waals surface area contributed by atoms with Crippen LogP contribution in [0.4, 0.5) is 0 Å². The second-order valence-electron chi connectivity index (χ2n) is 2.67. The van der Waals surface area contributed by atoms with E-state index >= 15 is 0 Å². The number of hydrogen-bond acceptors (Lipinski definition) is 3. The molecule has 1 heterocycles. The summed E-state index contributed by atoms with van der Waals surface area (Å²) in [7, 11) is 0. The minimum Gasteiger partial charge on any atom is -0.394 e. The topological polar surface area (TPSA) is 59.1 Å². The quantitative estimate of drug-likeness (QED) is 0.679. The Bertz CT molecular complexity index is 278. The molecule has 1 atom stereocenters. The Kier molecular flexibility index (Phi) is 3.03. The van der Waals surface area contributed by atoms with Crippen LogP contribution in [0, 0.1) is 6.92 Å². The maximum atomic E-state index is 8.76. The van der Waals surface area contributed by atoms with E-state index < -0.39 is 0 Å². The molecular formula is C8H11ClN2O. The summed E-state index contributed by atoms with van der Waals surface area (Å²) in [4.78, 5) is 3.92. The summed E-state index contributed by atoms with van der Waals surface area (Å²) >= 11 is 5.71. The summed E-state index contributed by atoms with van der Waals surface area (Å²) in [6, 6.07) is 1.46. The molecule has 0 aromatic carbocycles. The van der Waals surface area contributed by atoms with Crippen LogP contribution in [-0.4, -0.2) is 16.7 Å². The van der Waals surface area contributed by atoms with Crippen LogP contribution < -0.4 is 5.73 Å². The highest BCUT2D eigenvalue weighted by atomic mass is 35.5. The molecule has 0 aliphatic carbocycles. The number of aliphatic hydroxyl groups excluding tert-OH is 1. The van der Waals surface area contributed by atoms with E-state index in [4.69, 9.17) is 22.4 Å². The van der Waals surface area contributed by atoms with Gasteiger partial charge in [-0.25, -0.2) is 4.98 Å². The third-order valence-electron chi connectivity index (χ3n) is 1.66. The number of nitrogens with zero attached hydrogens (tertiary/aromatic N) is 1. The van der Waals surface area contributed by atoms with Gasteiger partial charge in [0.2, 0.25) is 0 Å². The summed E-state index contributed by atoms with van der Waals surface area (Å²) in [5, 5.41) is 9.24. The van der Waals surface area contributed by atoms with Crippen LogP contribution >= 0.6 is 11.6 Å². The first kappa shape index (κ1) is 9.45. The lowest BCUT2D eigenvalue weighted by atomic mass is 10.1. The number of hydrogen-bond donors (Lipinski definition) is 2. The lowest BCUT2D eigenvalue weighted by Crippen LogP contribution is -2.14. The molecular weight excluding hydrogens is 176 g/mol. The molecule has 1 aromatic rings. The zero-order valence-electron chi connectivity index (χ0n) is 6.79. The maximum Gasteiger partial charge on any atom is 0.131 e. The fraction of sp³-hybridized carbons (Fsp3) is 0.375. The van der Waals surface area contributed by atoms with Crippen LogP contribution in [0.15, 0.2) is 12.3 Å². The maximum absolute atomic E-state index is 8.76. The molecule has 66 valence electrons. The third-order valence-corrected chi connectivity index (χ3v) is 2.06. The number of rotatable bonds is 2. The van der Waals surface area contributed by atoms with Gasteiger partial charge in [0.1, 0.15) is 5.15 Å². The van der Waals surface area contributed by atoms with Crippen LogP contribution in [0.2, 0.25) is 5.15 Å². The van der Waals surface area contributed by atoms with Gasteiger partial charge in [-0.2, -0.15) is 0 Å². The Labute approximate surface area is 76.2 Å². The Morgan fingerprint density at radius 1 is 1.75 bits per heavy atom. The van der Waals surface area contributed by atoms with E-state index in [1.165, 1.54) is 0 Å². The Hall–Kier alpha value is -0.640. The second kappa shape index (κ2) is 3.85. The van der Waals surface area contributed by atoms with Gasteiger partial charge in [-0.05, 0) is 24.1 Å². The number of aliphatic hydroxyl groups is 1. The van der Waals surface area contributed by atoms with Crippen molar-refractivity contribution in [1.29, 1.82) is 0 Å². The van der Waals surface area contributed by atoms with Gasteiger partial charge in [-0.15, -0.1) is 0 Å². The highest BCUT2D eigenvalue weighted by Gasteiger charge is 2.05. The van der Waals surface area contributed by atoms with Crippen LogP contribution in [0.1, 0.15) is 17.2 Å². The van der Waals surface area contributed by atoms with Crippen molar-refractivity contribution in [2.75, 3.05) is 6.61 Å². The van der Waals surface area contributed by atoms with Gasteiger partial charge < -0.3 is 10.8 Å². The van der Waals surface area contributed by atoms with Crippen molar-refractivity contribution in [3.63, 3.8) is 0 Å². The van der Waals surface area contributed by atoms with Crippen molar-refractivity contribution in [3.05, 3.63) is 28.5 Å². The molecule has 0 bridgehead atoms. The van der Waals surface area contributed by atoms with Gasteiger partial charge in [0.05, 0.1) is 12.6 Å². The van der Waals surface area contributed by atoms with Crippen molar-refractivity contribution in [3.8, 4) is 0 Å². The zero-order valence-corrected chi connectivity index (χ0v) is 7.54. The van der Waals surface area contributed by atoms with Gasteiger partial charge in [-0.3, -0.25) is 0 Å². The fourth-order valence-electron chi connectivity index (χ4n) is 0.888. The summed E-state index contributed by atoms with van der Waals surface area (Å²) in [5.41, 5.74) is 7.26. The highest BCUT2D eigenvalue weighted by molar-refractivity contribution is 6.30. The van der Waals surface area contributed by atoms with Crippen molar-refractivity contribution in [2.24, 2.45) is 5.73 Å². The van der Waals surface area contributed by atoms with Crippen molar-refractivity contribution >= 4 is 11.6 Å². The van der Waals surface area contributed by atoms with E-state index in [0.29, 0.717) is 5.15 Å². The van der Waals surface area contributed by atoms with Crippen molar-refractivity contribution < 1.29 is 5.11 Å². The molecule has 0 spiro atoms. The van der Waals surface area contributed by atoms with E-state index in [2.05, 4.69) is 4.98 Å². The SMILES string of the molecule is Cc1cc([C@@H](N)CO)cnc1Cl. The van der Waals surface area contributed by atoms with Crippen LogP contribution in [0.25, 0.3) is 0 Å². The first-order chi connectivity index (χ1) is 5.65. The normalized spacial score (nSPS) is 13.0. The molecule has 12 heavy (non-hydrogen) atoms. The molecule has 0 saturated heterocycles. The number of aromatic nitrogens is 1. The second-order valence-corrected chi connectivity index (χ2v) is 3.02. The lowest BCUT2D eigenvalue weighted by Gasteiger charge is -2.08. The third kappa shape index (κ3) is 1.94. The Morgan fingerprint density at radius 2 is 2.42 bits per heavy atom. The molecule has 0 saturated carbocycles. The Balaban J connectivity index is 2.96. The average Bonchev–Trinajstić information content (AvgIpc) is 2.08. The molecule has 4 heteroatoms. The molecule has 1 aromatic heterocycles. The standard InChI is InChI=1S/C8H11ClN2O/c1-5-2-6(7(10)4-12)3-11-8(5)9/h2-3,7,12H,4,10H2,1H3/t7-/m0/s1. The number of nitrogens with two attached hydrogens (primary N) is 1. The monoisotopic (exact) mass is 186 g/mol. The van der Waals surface area contributed by atoms with Crippen molar-refractivity contribution in [1.82, 2.24) is 4.98 Å². The van der Waals surface area contributed by atoms with Crippen LogP contribution in [-0.2, 0) is 0 Å². The summed E-state index contributed by atoms with van der Waals surface area (Å²) in [6.07, 6.45) is 1.58. The molecule has 3 nitrogen and oxygen atoms in total. The van der Waals surface area contributed by atoms with E-state index in [1.54, 1.807) is 6.20 Å². The van der Waals surface area contributed by atoms with E-state index in [0.717, 1.165) is 11.1 Å². The molecule has 0 radical (unpaired) electrons. The van der Waals surface area contributed by atoms with Gasteiger partial charge >= 0.3 is 0 Å². The molecule has 0 amide bonds. The fourth-order valence-corrected chi connectivity index (χ4v) is 0.991. The molecule has 0 unspecified atom stereocenters. The molecule has 0 fully saturated rings. The summed E-state index contributed by atoms with van der Waals surface area (Å²) < 4.78 is 0. The number of aryl methyl sites for hydroxylation is 1. The van der Waals surface area contributed by atoms with Crippen LogP contribution in [0.3, 0.4) is 0 Å². The minimum absolute atomic E-state index is 0.0806. The lowest BCUT2D eigenvalue weighted by molar-refractivity contribution is 0.268. The van der Waals surface area contributed by atoms with Crippen molar-refractivity contribution in [2.45, 2.75) is 13.0 Å². The average molecular weight is 187 g/mol. The van der Waals surface area contributed by atoms with E-state index in [1.807, 2.05) is 13.0 Å². The largest absolute Gasteiger partial charge is 0.394 e. The zero-order chi connectivity index (χ0) is 9.14. The summed E-state index contributed by atoms with van der Waals surface area (Å²) in [6.45, 7) is 1.77. The molecule has 3 N–H and O–H groups in total. The molecule has 1 rings (SSSR count). The first-order valence-electron chi connectivity index (χ1n) is 3.63. The van der Waals surface area contributed by atoms with Gasteiger partial charge in [0, 0.05) is 6.20 Å². The summed E-state index contributed by atoms with van der Waals surface area (Å²) in [5.74, 6) is 0. The first-order valence-corrected chi connectivity index (χ1v) is 4.01. The smallest absolute Gasteiger partial charge is 0.131 e. The highest BCUT2D eigenvalue weighted by Crippen LogP contribution is 2.16. The number of pyridine rings is 1. The molecule has 0 aliphatic heterocycles. The molecule has 0 aliphatic rings. The van der Waals surface area contributed by atoms with E-state index in [-0.39, 0.29) is 12.6 Å². The predicted molar refractivity (Wildman–Crippen MR) is 48.0 cm³/mol. The van der Waals surface area contributed by atoms with E-state index in [9.17, 15) is 0 Å². The Morgan fingerprint density at radius 3 is 2.92 bits per heavy atom. The van der Waals surface area contributed by atoms with Crippen LogP contribution in [0.5, 0.6) is 0 Å². The van der Waals surface area contributed by atoms with Gasteiger partial charge in [-0.1, -0.05) is 11.6 Å². The predicted octanol–water partition coefficient (Wildman–Crippen LogP) is 1.04. The van der Waals surface area contributed by atoms with Gasteiger partial charge in [0.15, 0.2) is 0 Å². The minimum atomic E-state index is -0.367.